The molecule has 0 unspecified atom stereocenters. The molecule has 0 radical (unpaired) electrons. The Morgan fingerprint density at radius 3 is 1.50 bits per heavy atom. The van der Waals surface area contributed by atoms with Crippen molar-refractivity contribution in [2.24, 2.45) is 0 Å². The molecule has 0 amide bonds. The van der Waals surface area contributed by atoms with Gasteiger partial charge in [-0.3, -0.25) is 0 Å². The quantitative estimate of drug-likeness (QED) is 0.483. The Labute approximate surface area is 174 Å². The summed E-state index contributed by atoms with van der Waals surface area (Å²) < 4.78 is 17.9. The van der Waals surface area contributed by atoms with Crippen molar-refractivity contribution in [3.8, 4) is 5.75 Å². The lowest BCUT2D eigenvalue weighted by Crippen LogP contribution is -2.46. The summed E-state index contributed by atoms with van der Waals surface area (Å²) in [5.41, 5.74) is 3.05. The Morgan fingerprint density at radius 2 is 1.18 bits per heavy atom. The van der Waals surface area contributed by atoms with Crippen LogP contribution in [-0.4, -0.2) is 33.7 Å². The van der Waals surface area contributed by atoms with Crippen molar-refractivity contribution < 1.29 is 18.4 Å². The molecule has 1 aromatic carbocycles. The van der Waals surface area contributed by atoms with Crippen molar-refractivity contribution in [3.05, 3.63) is 28.8 Å². The van der Waals surface area contributed by atoms with Crippen molar-refractivity contribution in [2.45, 2.75) is 92.0 Å². The molecule has 5 heteroatoms. The first kappa shape index (κ1) is 25.2. The van der Waals surface area contributed by atoms with Gasteiger partial charge in [-0.15, -0.1) is 0 Å². The number of phenols is 1. The highest BCUT2D eigenvalue weighted by molar-refractivity contribution is 6.60. The minimum Gasteiger partial charge on any atom is -0.507 e. The standard InChI is InChI=1S/C23H42O4Si/c1-10-25-28(26-11-2,27-12-3)15-13-14-18-16-19(22(4,5)6)21(24)20(17-18)23(7,8)9/h16-17,24H,10-15H2,1-9H3. The van der Waals surface area contributed by atoms with E-state index in [1.54, 1.807) is 0 Å². The van der Waals surface area contributed by atoms with Crippen LogP contribution >= 0.6 is 0 Å². The Balaban J connectivity index is 3.11. The Kier molecular flexibility index (Phi) is 9.20. The van der Waals surface area contributed by atoms with Gasteiger partial charge in [-0.1, -0.05) is 53.7 Å². The Hall–Kier alpha value is -0.883. The van der Waals surface area contributed by atoms with E-state index in [-0.39, 0.29) is 10.8 Å². The van der Waals surface area contributed by atoms with E-state index in [9.17, 15) is 5.11 Å². The third-order valence-corrected chi connectivity index (χ3v) is 7.98. The van der Waals surface area contributed by atoms with Gasteiger partial charge in [-0.05, 0) is 61.1 Å². The van der Waals surface area contributed by atoms with Gasteiger partial charge in [0.2, 0.25) is 0 Å². The van der Waals surface area contributed by atoms with E-state index in [1.165, 1.54) is 5.56 Å². The predicted molar refractivity (Wildman–Crippen MR) is 119 cm³/mol. The van der Waals surface area contributed by atoms with Crippen LogP contribution in [0.25, 0.3) is 0 Å². The third-order valence-electron chi connectivity index (χ3n) is 4.83. The lowest BCUT2D eigenvalue weighted by molar-refractivity contribution is 0.0708. The number of aromatic hydroxyl groups is 1. The van der Waals surface area contributed by atoms with E-state index in [0.717, 1.165) is 30.0 Å². The Bertz CT molecular complexity index is 562. The van der Waals surface area contributed by atoms with Gasteiger partial charge >= 0.3 is 8.80 Å². The molecule has 0 aliphatic carbocycles. The maximum absolute atomic E-state index is 10.9. The smallest absolute Gasteiger partial charge is 0.500 e. The summed E-state index contributed by atoms with van der Waals surface area (Å²) >= 11 is 0. The van der Waals surface area contributed by atoms with Crippen LogP contribution < -0.4 is 0 Å². The molecule has 0 saturated heterocycles. The summed E-state index contributed by atoms with van der Waals surface area (Å²) in [4.78, 5) is 0. The summed E-state index contributed by atoms with van der Waals surface area (Å²) in [5, 5.41) is 10.9. The Morgan fingerprint density at radius 1 is 0.786 bits per heavy atom. The molecule has 0 heterocycles. The molecule has 0 saturated carbocycles. The minimum atomic E-state index is -2.61. The predicted octanol–water partition coefficient (Wildman–Crippen LogP) is 5.97. The van der Waals surface area contributed by atoms with Crippen molar-refractivity contribution in [1.82, 2.24) is 0 Å². The molecule has 0 bridgehead atoms. The lowest BCUT2D eigenvalue weighted by Gasteiger charge is -2.29. The van der Waals surface area contributed by atoms with Crippen LogP contribution in [0.15, 0.2) is 12.1 Å². The molecule has 0 spiro atoms. The number of benzene rings is 1. The summed E-state index contributed by atoms with van der Waals surface area (Å²) in [5.74, 6) is 0.436. The number of rotatable bonds is 10. The van der Waals surface area contributed by atoms with E-state index in [2.05, 4.69) is 53.7 Å². The van der Waals surface area contributed by atoms with Crippen LogP contribution in [0.5, 0.6) is 5.75 Å². The van der Waals surface area contributed by atoms with E-state index < -0.39 is 8.80 Å². The molecule has 0 fully saturated rings. The van der Waals surface area contributed by atoms with E-state index in [4.69, 9.17) is 13.3 Å². The van der Waals surface area contributed by atoms with Crippen molar-refractivity contribution in [1.29, 1.82) is 0 Å². The van der Waals surface area contributed by atoms with Gasteiger partial charge in [0.05, 0.1) is 0 Å². The molecule has 0 aromatic heterocycles. The van der Waals surface area contributed by atoms with E-state index >= 15 is 0 Å². The van der Waals surface area contributed by atoms with Gasteiger partial charge in [-0.25, -0.2) is 0 Å². The zero-order valence-corrected chi connectivity index (χ0v) is 20.6. The zero-order chi connectivity index (χ0) is 21.6. The van der Waals surface area contributed by atoms with Gasteiger partial charge in [0.1, 0.15) is 5.75 Å². The molecule has 4 nitrogen and oxygen atoms in total. The summed E-state index contributed by atoms with van der Waals surface area (Å²) in [6.07, 6.45) is 1.85. The summed E-state index contributed by atoms with van der Waals surface area (Å²) in [6.45, 7) is 20.7. The van der Waals surface area contributed by atoms with Gasteiger partial charge in [-0.2, -0.15) is 0 Å². The van der Waals surface area contributed by atoms with Crippen molar-refractivity contribution in [3.63, 3.8) is 0 Å². The first-order chi connectivity index (χ1) is 12.9. The lowest BCUT2D eigenvalue weighted by atomic mass is 9.78. The molecule has 1 aromatic rings. The van der Waals surface area contributed by atoms with Gasteiger partial charge < -0.3 is 18.4 Å². The highest BCUT2D eigenvalue weighted by Crippen LogP contribution is 2.40. The molecule has 0 aliphatic rings. The number of aryl methyl sites for hydroxylation is 1. The van der Waals surface area contributed by atoms with Crippen LogP contribution in [0.4, 0.5) is 0 Å². The molecular weight excluding hydrogens is 368 g/mol. The zero-order valence-electron chi connectivity index (χ0n) is 19.6. The molecule has 28 heavy (non-hydrogen) atoms. The van der Waals surface area contributed by atoms with Gasteiger partial charge in [0.25, 0.3) is 0 Å². The monoisotopic (exact) mass is 410 g/mol. The van der Waals surface area contributed by atoms with Gasteiger partial charge in [0, 0.05) is 25.9 Å². The number of hydrogen-bond donors (Lipinski definition) is 1. The van der Waals surface area contributed by atoms with E-state index in [0.29, 0.717) is 25.6 Å². The molecule has 0 aliphatic heterocycles. The van der Waals surface area contributed by atoms with Crippen molar-refractivity contribution >= 4 is 8.80 Å². The highest BCUT2D eigenvalue weighted by atomic mass is 28.4. The first-order valence-corrected chi connectivity index (χ1v) is 12.6. The second-order valence-corrected chi connectivity index (χ2v) is 12.1. The van der Waals surface area contributed by atoms with Crippen LogP contribution in [0.2, 0.25) is 6.04 Å². The fourth-order valence-electron chi connectivity index (χ4n) is 3.49. The average molecular weight is 411 g/mol. The second-order valence-electron chi connectivity index (χ2n) is 9.38. The van der Waals surface area contributed by atoms with Crippen LogP contribution in [0, 0.1) is 0 Å². The molecule has 1 rings (SSSR count). The molecular formula is C23H42O4Si. The summed E-state index contributed by atoms with van der Waals surface area (Å²) in [6, 6.07) is 5.13. The largest absolute Gasteiger partial charge is 0.507 e. The normalized spacial score (nSPS) is 13.2. The topological polar surface area (TPSA) is 47.9 Å². The highest BCUT2D eigenvalue weighted by Gasteiger charge is 2.39. The van der Waals surface area contributed by atoms with Crippen LogP contribution in [0.3, 0.4) is 0 Å². The average Bonchev–Trinajstić information content (AvgIpc) is 2.54. The minimum absolute atomic E-state index is 0.111. The number of hydrogen-bond acceptors (Lipinski definition) is 4. The van der Waals surface area contributed by atoms with Gasteiger partial charge in [0.15, 0.2) is 0 Å². The van der Waals surface area contributed by atoms with Crippen LogP contribution in [0.1, 0.15) is 85.4 Å². The molecule has 1 N–H and O–H groups in total. The fourth-order valence-corrected chi connectivity index (χ4v) is 6.10. The molecule has 0 atom stereocenters. The van der Waals surface area contributed by atoms with Crippen LogP contribution in [-0.2, 0) is 30.5 Å². The molecule has 162 valence electrons. The number of phenolic OH excluding ortho intramolecular Hbond substituents is 1. The maximum Gasteiger partial charge on any atom is 0.500 e. The van der Waals surface area contributed by atoms with E-state index in [1.807, 2.05) is 20.8 Å². The van der Waals surface area contributed by atoms with Crippen molar-refractivity contribution in [2.75, 3.05) is 19.8 Å². The first-order valence-electron chi connectivity index (χ1n) is 10.7. The second kappa shape index (κ2) is 10.2. The summed E-state index contributed by atoms with van der Waals surface area (Å²) in [7, 11) is -2.61. The third kappa shape index (κ3) is 6.87. The SMILES string of the molecule is CCO[Si](CCCc1cc(C(C)(C)C)c(O)c(C(C)(C)C)c1)(OCC)OCC. The maximum atomic E-state index is 10.9. The fraction of sp³-hybridized carbons (Fsp3) is 0.739.